The predicted octanol–water partition coefficient (Wildman–Crippen LogP) is 2.94. The summed E-state index contributed by atoms with van der Waals surface area (Å²) in [7, 11) is 1.99. The zero-order chi connectivity index (χ0) is 14.4. The van der Waals surface area contributed by atoms with E-state index in [0.29, 0.717) is 0 Å². The maximum absolute atomic E-state index is 6.06. The Kier molecular flexibility index (Phi) is 3.24. The Morgan fingerprint density at radius 2 is 2.10 bits per heavy atom. The molecule has 5 heteroatoms. The van der Waals surface area contributed by atoms with E-state index < -0.39 is 0 Å². The highest BCUT2D eigenvalue weighted by Crippen LogP contribution is 2.34. The Hall–Kier alpha value is -1.49. The van der Waals surface area contributed by atoms with E-state index in [-0.39, 0.29) is 0 Å². The molecule has 0 bridgehead atoms. The van der Waals surface area contributed by atoms with E-state index in [1.165, 1.54) is 22.5 Å². The van der Waals surface area contributed by atoms with Gasteiger partial charge in [-0.2, -0.15) is 5.10 Å². The van der Waals surface area contributed by atoms with Gasteiger partial charge in [0.25, 0.3) is 0 Å². The largest absolute Gasteiger partial charge is 0.398 e. The molecule has 1 aromatic heterocycles. The Bertz CT molecular complexity index is 675. The molecule has 1 aliphatic heterocycles. The molecule has 4 nitrogen and oxygen atoms in total. The summed E-state index contributed by atoms with van der Waals surface area (Å²) >= 11 is 3.64. The van der Waals surface area contributed by atoms with Gasteiger partial charge < -0.3 is 10.6 Å². The van der Waals surface area contributed by atoms with Crippen molar-refractivity contribution in [1.29, 1.82) is 0 Å². The molecule has 2 N–H and O–H groups in total. The van der Waals surface area contributed by atoms with Gasteiger partial charge in [-0.05, 0) is 53.4 Å². The number of fused-ring (bicyclic) bond motifs is 1. The van der Waals surface area contributed by atoms with Crippen LogP contribution in [0.3, 0.4) is 0 Å². The molecule has 2 aromatic rings. The number of nitrogens with two attached hydrogens (primary N) is 1. The van der Waals surface area contributed by atoms with E-state index in [0.717, 1.165) is 35.4 Å². The van der Waals surface area contributed by atoms with Crippen LogP contribution in [0.1, 0.15) is 22.5 Å². The molecule has 0 unspecified atom stereocenters. The van der Waals surface area contributed by atoms with Crippen LogP contribution in [0.2, 0.25) is 0 Å². The summed E-state index contributed by atoms with van der Waals surface area (Å²) in [6.45, 7) is 5.98. The monoisotopic (exact) mass is 334 g/mol. The van der Waals surface area contributed by atoms with Crippen molar-refractivity contribution >= 4 is 27.3 Å². The molecule has 3 rings (SSSR count). The Balaban J connectivity index is 1.94. The lowest BCUT2D eigenvalue weighted by Crippen LogP contribution is -2.21. The molecule has 0 spiro atoms. The van der Waals surface area contributed by atoms with Gasteiger partial charge in [0.15, 0.2) is 0 Å². The van der Waals surface area contributed by atoms with Crippen LogP contribution in [0.4, 0.5) is 11.4 Å². The van der Waals surface area contributed by atoms with Crippen molar-refractivity contribution < 1.29 is 0 Å². The quantitative estimate of drug-likeness (QED) is 0.859. The first-order valence-corrected chi connectivity index (χ1v) is 7.58. The number of halogens is 1. The standard InChI is InChI=1S/C15H19BrN4/c1-9-6-11-4-5-20(13(11)7-12(9)17)8-14-15(16)10(2)18-19(14)3/h6-7H,4-5,8,17H2,1-3H3. The molecule has 2 heterocycles. The predicted molar refractivity (Wildman–Crippen MR) is 86.0 cm³/mol. The number of aromatic nitrogens is 2. The van der Waals surface area contributed by atoms with E-state index in [1.54, 1.807) is 0 Å². The van der Waals surface area contributed by atoms with Crippen LogP contribution >= 0.6 is 15.9 Å². The SMILES string of the molecule is Cc1cc2c(cc1N)N(Cc1c(Br)c(C)nn1C)CC2. The lowest BCUT2D eigenvalue weighted by Gasteiger charge is -2.20. The summed E-state index contributed by atoms with van der Waals surface area (Å²) in [5, 5.41) is 4.46. The van der Waals surface area contributed by atoms with Gasteiger partial charge in [-0.25, -0.2) is 0 Å². The number of nitrogen functional groups attached to an aromatic ring is 1. The van der Waals surface area contributed by atoms with Gasteiger partial charge in [0, 0.05) is 25.0 Å². The number of anilines is 2. The van der Waals surface area contributed by atoms with E-state index in [4.69, 9.17) is 5.73 Å². The molecule has 0 saturated carbocycles. The molecule has 0 radical (unpaired) electrons. The van der Waals surface area contributed by atoms with E-state index in [2.05, 4.69) is 45.0 Å². The van der Waals surface area contributed by atoms with Crippen LogP contribution in [0.25, 0.3) is 0 Å². The first-order valence-electron chi connectivity index (χ1n) is 6.79. The van der Waals surface area contributed by atoms with Crippen LogP contribution in [-0.2, 0) is 20.0 Å². The average molecular weight is 335 g/mol. The summed E-state index contributed by atoms with van der Waals surface area (Å²) in [6.07, 6.45) is 1.09. The lowest BCUT2D eigenvalue weighted by molar-refractivity contribution is 0.683. The van der Waals surface area contributed by atoms with Crippen molar-refractivity contribution in [2.45, 2.75) is 26.8 Å². The van der Waals surface area contributed by atoms with Gasteiger partial charge >= 0.3 is 0 Å². The average Bonchev–Trinajstić information content (AvgIpc) is 2.87. The van der Waals surface area contributed by atoms with Crippen LogP contribution in [0, 0.1) is 13.8 Å². The van der Waals surface area contributed by atoms with Gasteiger partial charge in [-0.1, -0.05) is 6.07 Å². The molecular weight excluding hydrogens is 316 g/mol. The second kappa shape index (κ2) is 4.81. The summed E-state index contributed by atoms with van der Waals surface area (Å²) < 4.78 is 3.06. The van der Waals surface area contributed by atoms with E-state index in [1.807, 2.05) is 18.7 Å². The minimum absolute atomic E-state index is 0.855. The van der Waals surface area contributed by atoms with Crippen molar-refractivity contribution in [3.63, 3.8) is 0 Å². The van der Waals surface area contributed by atoms with Gasteiger partial charge in [0.05, 0.1) is 22.4 Å². The lowest BCUT2D eigenvalue weighted by atomic mass is 10.1. The summed E-state index contributed by atoms with van der Waals surface area (Å²) in [5.41, 5.74) is 13.0. The molecule has 0 aliphatic carbocycles. The normalized spacial score (nSPS) is 13.9. The van der Waals surface area contributed by atoms with Gasteiger partial charge in [-0.3, -0.25) is 4.68 Å². The minimum atomic E-state index is 0.855. The van der Waals surface area contributed by atoms with Gasteiger partial charge in [0.1, 0.15) is 0 Å². The van der Waals surface area contributed by atoms with Crippen LogP contribution in [-0.4, -0.2) is 16.3 Å². The topological polar surface area (TPSA) is 47.1 Å². The fourth-order valence-electron chi connectivity index (χ4n) is 2.84. The molecule has 0 atom stereocenters. The Labute approximate surface area is 127 Å². The van der Waals surface area contributed by atoms with Crippen LogP contribution < -0.4 is 10.6 Å². The number of rotatable bonds is 2. The zero-order valence-corrected chi connectivity index (χ0v) is 13.7. The molecular formula is C15H19BrN4. The second-order valence-corrected chi connectivity index (χ2v) is 6.27. The maximum Gasteiger partial charge on any atom is 0.0739 e. The third-order valence-electron chi connectivity index (χ3n) is 4.06. The summed E-state index contributed by atoms with van der Waals surface area (Å²) in [6, 6.07) is 4.32. The number of nitrogens with zero attached hydrogens (tertiary/aromatic N) is 3. The highest BCUT2D eigenvalue weighted by Gasteiger charge is 2.22. The number of benzene rings is 1. The second-order valence-electron chi connectivity index (χ2n) is 5.48. The first kappa shape index (κ1) is 13.5. The number of aryl methyl sites for hydroxylation is 3. The number of hydrogen-bond acceptors (Lipinski definition) is 3. The minimum Gasteiger partial charge on any atom is -0.398 e. The molecule has 0 amide bonds. The molecule has 1 aliphatic rings. The van der Waals surface area contributed by atoms with Crippen molar-refractivity contribution in [3.05, 3.63) is 39.1 Å². The zero-order valence-electron chi connectivity index (χ0n) is 12.1. The smallest absolute Gasteiger partial charge is 0.0739 e. The molecule has 0 fully saturated rings. The highest BCUT2D eigenvalue weighted by atomic mass is 79.9. The summed E-state index contributed by atoms with van der Waals surface area (Å²) in [5.74, 6) is 0. The van der Waals surface area contributed by atoms with E-state index in [9.17, 15) is 0 Å². The fraction of sp³-hybridized carbons (Fsp3) is 0.400. The molecule has 1 aromatic carbocycles. The van der Waals surface area contributed by atoms with Gasteiger partial charge in [-0.15, -0.1) is 0 Å². The van der Waals surface area contributed by atoms with E-state index >= 15 is 0 Å². The van der Waals surface area contributed by atoms with Crippen molar-refractivity contribution in [2.24, 2.45) is 7.05 Å². The van der Waals surface area contributed by atoms with Crippen molar-refractivity contribution in [2.75, 3.05) is 17.2 Å². The van der Waals surface area contributed by atoms with Crippen molar-refractivity contribution in [3.8, 4) is 0 Å². The van der Waals surface area contributed by atoms with Crippen molar-refractivity contribution in [1.82, 2.24) is 9.78 Å². The highest BCUT2D eigenvalue weighted by molar-refractivity contribution is 9.10. The first-order chi connectivity index (χ1) is 9.47. The molecule has 20 heavy (non-hydrogen) atoms. The molecule has 106 valence electrons. The third-order valence-corrected chi connectivity index (χ3v) is 5.09. The maximum atomic E-state index is 6.06. The van der Waals surface area contributed by atoms with Crippen LogP contribution in [0.15, 0.2) is 16.6 Å². The Morgan fingerprint density at radius 1 is 1.35 bits per heavy atom. The van der Waals surface area contributed by atoms with Gasteiger partial charge in [0.2, 0.25) is 0 Å². The molecule has 0 saturated heterocycles. The number of hydrogen-bond donors (Lipinski definition) is 1. The fourth-order valence-corrected chi connectivity index (χ4v) is 3.30. The van der Waals surface area contributed by atoms with Crippen LogP contribution in [0.5, 0.6) is 0 Å². The third kappa shape index (κ3) is 2.10. The summed E-state index contributed by atoms with van der Waals surface area (Å²) in [4.78, 5) is 2.38. The Morgan fingerprint density at radius 3 is 2.75 bits per heavy atom.